The monoisotopic (exact) mass is 382 g/mol. The second-order valence-corrected chi connectivity index (χ2v) is 8.82. The van der Waals surface area contributed by atoms with Gasteiger partial charge < -0.3 is 0 Å². The number of hydrogen-bond acceptors (Lipinski definition) is 4. The van der Waals surface area contributed by atoms with Gasteiger partial charge in [-0.25, -0.2) is 0 Å². The molecule has 1 aliphatic rings. The van der Waals surface area contributed by atoms with Gasteiger partial charge in [0.1, 0.15) is 5.71 Å². The Bertz CT molecular complexity index is 765. The van der Waals surface area contributed by atoms with E-state index in [1.807, 2.05) is 18.2 Å². The number of rotatable bonds is 9. The van der Waals surface area contributed by atoms with Crippen LogP contribution in [0.15, 0.2) is 52.3 Å². The van der Waals surface area contributed by atoms with Crippen LogP contribution in [0.25, 0.3) is 0 Å². The highest BCUT2D eigenvalue weighted by atomic mass is 32.1. The van der Waals surface area contributed by atoms with E-state index in [0.29, 0.717) is 6.42 Å². The van der Waals surface area contributed by atoms with Crippen LogP contribution in [-0.2, 0) is 10.2 Å². The molecule has 0 fully saturated rings. The summed E-state index contributed by atoms with van der Waals surface area (Å²) >= 11 is 1.71. The van der Waals surface area contributed by atoms with Gasteiger partial charge in [0.15, 0.2) is 5.78 Å². The first-order valence-electron chi connectivity index (χ1n) is 9.96. The van der Waals surface area contributed by atoms with Gasteiger partial charge in [-0.15, -0.1) is 0 Å². The molecule has 1 atom stereocenters. The molecule has 3 nitrogen and oxygen atoms in total. The minimum atomic E-state index is -0.186. The molecule has 0 aliphatic carbocycles. The Morgan fingerprint density at radius 1 is 1.22 bits per heavy atom. The van der Waals surface area contributed by atoms with Crippen LogP contribution in [0.1, 0.15) is 70.0 Å². The van der Waals surface area contributed by atoms with Gasteiger partial charge in [0.2, 0.25) is 0 Å². The normalized spacial score (nSPS) is 17.2. The average Bonchev–Trinajstić information content (AvgIpc) is 3.32. The number of hydrogen-bond donors (Lipinski definition) is 0. The zero-order valence-electron chi connectivity index (χ0n) is 16.6. The molecule has 0 bridgehead atoms. The molecule has 1 aromatic heterocycles. The summed E-state index contributed by atoms with van der Waals surface area (Å²) < 4.78 is 0. The lowest BCUT2D eigenvalue weighted by Gasteiger charge is -2.24. The lowest BCUT2D eigenvalue weighted by molar-refractivity contribution is -0.114. The maximum absolute atomic E-state index is 13.1. The topological polar surface area (TPSA) is 32.7 Å². The molecule has 0 saturated carbocycles. The van der Waals surface area contributed by atoms with Crippen molar-refractivity contribution in [3.8, 4) is 0 Å². The van der Waals surface area contributed by atoms with Crippen molar-refractivity contribution in [2.45, 2.75) is 64.3 Å². The number of hydrazone groups is 1. The number of carbonyl (C=O) groups is 1. The summed E-state index contributed by atoms with van der Waals surface area (Å²) in [4.78, 5) is 13.1. The Morgan fingerprint density at radius 2 is 2.00 bits per heavy atom. The third-order valence-electron chi connectivity index (χ3n) is 5.39. The summed E-state index contributed by atoms with van der Waals surface area (Å²) in [5, 5.41) is 11.2. The second-order valence-electron chi connectivity index (χ2n) is 8.04. The highest BCUT2D eigenvalue weighted by molar-refractivity contribution is 7.08. The number of benzene rings is 1. The van der Waals surface area contributed by atoms with Gasteiger partial charge in [-0.1, -0.05) is 63.9 Å². The summed E-state index contributed by atoms with van der Waals surface area (Å²) in [6.45, 7) is 7.42. The molecule has 3 rings (SSSR count). The van der Waals surface area contributed by atoms with Crippen LogP contribution < -0.4 is 0 Å². The molecule has 144 valence electrons. The minimum absolute atomic E-state index is 0.182. The highest BCUT2D eigenvalue weighted by Crippen LogP contribution is 2.34. The van der Waals surface area contributed by atoms with Crippen LogP contribution in [-0.4, -0.2) is 23.0 Å². The summed E-state index contributed by atoms with van der Waals surface area (Å²) in [7, 11) is 0. The first kappa shape index (κ1) is 19.8. The van der Waals surface area contributed by atoms with Crippen molar-refractivity contribution < 1.29 is 4.79 Å². The summed E-state index contributed by atoms with van der Waals surface area (Å²) in [6, 6.07) is 12.7. The second kappa shape index (κ2) is 8.83. The highest BCUT2D eigenvalue weighted by Gasteiger charge is 2.34. The quantitative estimate of drug-likeness (QED) is 0.500. The van der Waals surface area contributed by atoms with Crippen LogP contribution in [0.4, 0.5) is 0 Å². The fraction of sp³-hybridized carbons (Fsp3) is 0.478. The molecule has 2 aromatic rings. The molecular formula is C23H30N2OS. The smallest absolute Gasteiger partial charge is 0.179 e. The van der Waals surface area contributed by atoms with Crippen molar-refractivity contribution in [2.75, 3.05) is 6.54 Å². The Kier molecular flexibility index (Phi) is 6.48. The Morgan fingerprint density at radius 3 is 2.67 bits per heavy atom. The lowest BCUT2D eigenvalue weighted by atomic mass is 9.79. The Hall–Kier alpha value is -1.94. The molecule has 0 N–H and O–H groups in total. The molecule has 1 aliphatic heterocycles. The zero-order valence-corrected chi connectivity index (χ0v) is 17.5. The van der Waals surface area contributed by atoms with Gasteiger partial charge in [0, 0.05) is 19.4 Å². The van der Waals surface area contributed by atoms with Gasteiger partial charge in [0.05, 0.1) is 6.04 Å². The minimum Gasteiger partial charge on any atom is -0.293 e. The number of unbranched alkanes of at least 4 members (excludes halogenated alkanes) is 2. The summed E-state index contributed by atoms with van der Waals surface area (Å²) in [5.74, 6) is 0.182. The zero-order chi connectivity index (χ0) is 19.3. The third kappa shape index (κ3) is 4.86. The Labute approximate surface area is 167 Å². The van der Waals surface area contributed by atoms with Crippen molar-refractivity contribution in [3.63, 3.8) is 0 Å². The molecule has 4 heteroatoms. The van der Waals surface area contributed by atoms with Crippen LogP contribution in [0, 0.1) is 0 Å². The van der Waals surface area contributed by atoms with Crippen LogP contribution in [0.2, 0.25) is 0 Å². The molecule has 0 radical (unpaired) electrons. The predicted octanol–water partition coefficient (Wildman–Crippen LogP) is 5.98. The van der Waals surface area contributed by atoms with Gasteiger partial charge in [-0.2, -0.15) is 16.4 Å². The van der Waals surface area contributed by atoms with E-state index in [4.69, 9.17) is 5.10 Å². The standard InChI is InChI=1S/C23H30N2OS/c1-4-5-9-13-25-21(18-12-14-27-17-18)15-20(24-25)22(26)16-23(2,3)19-10-7-6-8-11-19/h6-8,10-12,14,17,21H,4-5,9,13,15-16H2,1-3H3. The van der Waals surface area contributed by atoms with Gasteiger partial charge in [-0.3, -0.25) is 9.80 Å². The molecule has 2 heterocycles. The molecule has 0 spiro atoms. The SMILES string of the molecule is CCCCCN1N=C(C(=O)CC(C)(C)c2ccccc2)CC1c1ccsc1. The average molecular weight is 383 g/mol. The number of ketones is 1. The number of Topliss-reactive ketones (excluding diaryl/α,β-unsaturated/α-hetero) is 1. The van der Waals surface area contributed by atoms with Crippen molar-refractivity contribution in [1.29, 1.82) is 0 Å². The first-order valence-corrected chi connectivity index (χ1v) is 10.9. The van der Waals surface area contributed by atoms with Gasteiger partial charge >= 0.3 is 0 Å². The van der Waals surface area contributed by atoms with Crippen molar-refractivity contribution >= 4 is 22.8 Å². The van der Waals surface area contributed by atoms with Gasteiger partial charge in [0.25, 0.3) is 0 Å². The van der Waals surface area contributed by atoms with E-state index in [-0.39, 0.29) is 17.2 Å². The third-order valence-corrected chi connectivity index (χ3v) is 6.10. The molecule has 0 saturated heterocycles. The number of carbonyl (C=O) groups excluding carboxylic acids is 1. The number of nitrogens with zero attached hydrogens (tertiary/aromatic N) is 2. The van der Waals surface area contributed by atoms with E-state index in [0.717, 1.165) is 25.1 Å². The van der Waals surface area contributed by atoms with Crippen LogP contribution in [0.5, 0.6) is 0 Å². The lowest BCUT2D eigenvalue weighted by Crippen LogP contribution is -2.26. The van der Waals surface area contributed by atoms with E-state index in [9.17, 15) is 4.79 Å². The van der Waals surface area contributed by atoms with Crippen molar-refractivity contribution in [2.24, 2.45) is 5.10 Å². The molecule has 1 aromatic carbocycles. The molecule has 1 unspecified atom stereocenters. The van der Waals surface area contributed by atoms with E-state index < -0.39 is 0 Å². The predicted molar refractivity (Wildman–Crippen MR) is 114 cm³/mol. The number of thiophene rings is 1. The summed E-state index contributed by atoms with van der Waals surface area (Å²) in [5.41, 5.74) is 3.04. The summed E-state index contributed by atoms with van der Waals surface area (Å²) in [6.07, 6.45) is 4.74. The van der Waals surface area contributed by atoms with E-state index in [1.165, 1.54) is 24.0 Å². The van der Waals surface area contributed by atoms with E-state index >= 15 is 0 Å². The Balaban J connectivity index is 1.72. The van der Waals surface area contributed by atoms with E-state index in [2.05, 4.69) is 54.7 Å². The molecule has 27 heavy (non-hydrogen) atoms. The van der Waals surface area contributed by atoms with Gasteiger partial charge in [-0.05, 0) is 39.8 Å². The largest absolute Gasteiger partial charge is 0.293 e. The van der Waals surface area contributed by atoms with Crippen molar-refractivity contribution in [1.82, 2.24) is 5.01 Å². The van der Waals surface area contributed by atoms with Crippen molar-refractivity contribution in [3.05, 3.63) is 58.3 Å². The fourth-order valence-electron chi connectivity index (χ4n) is 3.70. The van der Waals surface area contributed by atoms with Crippen LogP contribution in [0.3, 0.4) is 0 Å². The van der Waals surface area contributed by atoms with E-state index in [1.54, 1.807) is 11.3 Å². The molecular weight excluding hydrogens is 352 g/mol. The first-order chi connectivity index (χ1) is 13.0. The fourth-order valence-corrected chi connectivity index (χ4v) is 4.41. The molecule has 0 amide bonds. The maximum Gasteiger partial charge on any atom is 0.179 e. The maximum atomic E-state index is 13.1. The van der Waals surface area contributed by atoms with Crippen LogP contribution >= 0.6 is 11.3 Å².